The number of nitrogens with one attached hydrogen (secondary N) is 1. The van der Waals surface area contributed by atoms with Crippen molar-refractivity contribution in [1.82, 2.24) is 19.4 Å². The molecular weight excluding hydrogens is 436 g/mol. The fourth-order valence-corrected chi connectivity index (χ4v) is 5.35. The predicted molar refractivity (Wildman–Crippen MR) is 141 cm³/mol. The molecule has 178 valence electrons. The lowest BCUT2D eigenvalue weighted by Crippen LogP contribution is -2.44. The van der Waals surface area contributed by atoms with E-state index >= 15 is 0 Å². The largest absolute Gasteiger partial charge is 0.369 e. The Bertz CT molecular complexity index is 1410. The van der Waals surface area contributed by atoms with Crippen LogP contribution in [-0.2, 0) is 6.42 Å². The molecule has 1 aliphatic carbocycles. The minimum absolute atomic E-state index is 0.0122. The molecule has 3 heterocycles. The van der Waals surface area contributed by atoms with E-state index in [1.54, 1.807) is 12.3 Å². The first kappa shape index (κ1) is 21.8. The van der Waals surface area contributed by atoms with Gasteiger partial charge in [-0.3, -0.25) is 9.36 Å². The number of likely N-dealkylation sites (N-methyl/N-ethyl adjacent to an activating group) is 1. The number of rotatable bonds is 4. The molecule has 0 spiro atoms. The first-order valence-corrected chi connectivity index (χ1v) is 12.4. The van der Waals surface area contributed by atoms with Crippen molar-refractivity contribution in [2.75, 3.05) is 43.4 Å². The van der Waals surface area contributed by atoms with E-state index in [0.717, 1.165) is 56.5 Å². The summed E-state index contributed by atoms with van der Waals surface area (Å²) < 4.78 is 1.86. The Morgan fingerprint density at radius 1 is 0.943 bits per heavy atom. The third-order valence-corrected chi connectivity index (χ3v) is 7.31. The van der Waals surface area contributed by atoms with Gasteiger partial charge in [0.1, 0.15) is 5.65 Å². The smallest absolute Gasteiger partial charge is 0.252 e. The van der Waals surface area contributed by atoms with Crippen molar-refractivity contribution in [1.29, 1.82) is 0 Å². The van der Waals surface area contributed by atoms with Gasteiger partial charge in [0.05, 0.1) is 6.04 Å². The average Bonchev–Trinajstić information content (AvgIpc) is 2.89. The molecule has 1 N–H and O–H groups in total. The predicted octanol–water partition coefficient (Wildman–Crippen LogP) is 4.21. The summed E-state index contributed by atoms with van der Waals surface area (Å²) in [7, 11) is 2.17. The summed E-state index contributed by atoms with van der Waals surface area (Å²) in [6, 6.07) is 20.3. The Balaban J connectivity index is 1.31. The molecule has 1 aliphatic heterocycles. The third-order valence-electron chi connectivity index (χ3n) is 7.31. The number of fused-ring (bicyclic) bond motifs is 2. The van der Waals surface area contributed by atoms with Crippen molar-refractivity contribution in [2.24, 2.45) is 0 Å². The Hall–Kier alpha value is -3.71. The second kappa shape index (κ2) is 9.15. The van der Waals surface area contributed by atoms with E-state index in [2.05, 4.69) is 75.7 Å². The monoisotopic (exact) mass is 466 g/mol. The molecule has 0 amide bonds. The van der Waals surface area contributed by atoms with Crippen LogP contribution in [0.15, 0.2) is 71.7 Å². The first-order valence-electron chi connectivity index (χ1n) is 12.4. The molecule has 0 saturated carbocycles. The standard InChI is InChI=1S/C28H30N6O/c1-32-15-17-33(18-16-32)23-12-10-22(11-13-23)30-28-29-19-21-9-14-26(35)34(27(21)31-28)25-8-4-6-20-5-2-3-7-24(20)25/h2-3,5,7,9-14,19,25H,4,6,8,15-18H2,1H3,(H,29,30,31)/t25-/m0/s1. The molecule has 2 aliphatic rings. The van der Waals surface area contributed by atoms with E-state index in [4.69, 9.17) is 4.98 Å². The maximum atomic E-state index is 13.1. The summed E-state index contributed by atoms with van der Waals surface area (Å²) in [6.45, 7) is 4.24. The summed E-state index contributed by atoms with van der Waals surface area (Å²) in [6.07, 6.45) is 4.84. The molecule has 4 aromatic rings. The van der Waals surface area contributed by atoms with E-state index in [1.165, 1.54) is 16.8 Å². The Morgan fingerprint density at radius 2 is 1.74 bits per heavy atom. The molecule has 7 heteroatoms. The zero-order valence-corrected chi connectivity index (χ0v) is 20.0. The first-order chi connectivity index (χ1) is 17.2. The molecule has 1 fully saturated rings. The van der Waals surface area contributed by atoms with Crippen LogP contribution < -0.4 is 15.8 Å². The SMILES string of the molecule is CN1CCN(c2ccc(Nc3ncc4ccc(=O)n([C@H]5CCCc6ccccc65)c4n3)cc2)CC1. The number of aryl methyl sites for hydroxylation is 1. The lowest BCUT2D eigenvalue weighted by atomic mass is 9.87. The van der Waals surface area contributed by atoms with E-state index in [1.807, 2.05) is 10.6 Å². The molecule has 7 nitrogen and oxygen atoms in total. The summed E-state index contributed by atoms with van der Waals surface area (Å²) in [5.74, 6) is 0.494. The van der Waals surface area contributed by atoms with E-state index in [0.29, 0.717) is 11.6 Å². The topological polar surface area (TPSA) is 66.3 Å². The van der Waals surface area contributed by atoms with Crippen LogP contribution in [0.5, 0.6) is 0 Å². The number of aromatic nitrogens is 3. The van der Waals surface area contributed by atoms with Crippen LogP contribution in [0.3, 0.4) is 0 Å². The van der Waals surface area contributed by atoms with Gasteiger partial charge in [-0.05, 0) is 67.8 Å². The van der Waals surface area contributed by atoms with Crippen LogP contribution in [0.4, 0.5) is 17.3 Å². The fraction of sp³-hybridized carbons (Fsp3) is 0.321. The van der Waals surface area contributed by atoms with Gasteiger partial charge in [0.15, 0.2) is 0 Å². The molecule has 35 heavy (non-hydrogen) atoms. The minimum atomic E-state index is -0.0274. The maximum absolute atomic E-state index is 13.1. The molecule has 0 unspecified atom stereocenters. The highest BCUT2D eigenvalue weighted by molar-refractivity contribution is 5.76. The summed E-state index contributed by atoms with van der Waals surface area (Å²) in [5.41, 5.74) is 5.34. The van der Waals surface area contributed by atoms with Crippen molar-refractivity contribution in [3.8, 4) is 0 Å². The zero-order valence-electron chi connectivity index (χ0n) is 20.0. The number of hydrogen-bond donors (Lipinski definition) is 1. The number of hydrogen-bond acceptors (Lipinski definition) is 6. The molecule has 0 bridgehead atoms. The molecule has 2 aromatic heterocycles. The summed E-state index contributed by atoms with van der Waals surface area (Å²) in [4.78, 5) is 27.2. The zero-order chi connectivity index (χ0) is 23.8. The maximum Gasteiger partial charge on any atom is 0.252 e. The van der Waals surface area contributed by atoms with E-state index in [-0.39, 0.29) is 11.6 Å². The van der Waals surface area contributed by atoms with Crippen molar-refractivity contribution in [3.63, 3.8) is 0 Å². The summed E-state index contributed by atoms with van der Waals surface area (Å²) >= 11 is 0. The van der Waals surface area contributed by atoms with Crippen molar-refractivity contribution in [2.45, 2.75) is 25.3 Å². The molecule has 1 atom stereocenters. The van der Waals surface area contributed by atoms with E-state index < -0.39 is 0 Å². The van der Waals surface area contributed by atoms with Gasteiger partial charge in [-0.1, -0.05) is 24.3 Å². The Morgan fingerprint density at radius 3 is 2.57 bits per heavy atom. The molecule has 2 aromatic carbocycles. The van der Waals surface area contributed by atoms with Gasteiger partial charge >= 0.3 is 0 Å². The lowest BCUT2D eigenvalue weighted by Gasteiger charge is -2.34. The van der Waals surface area contributed by atoms with Gasteiger partial charge in [0, 0.05) is 55.2 Å². The average molecular weight is 467 g/mol. The number of piperazine rings is 1. The van der Waals surface area contributed by atoms with Crippen LogP contribution in [0.2, 0.25) is 0 Å². The summed E-state index contributed by atoms with van der Waals surface area (Å²) in [5, 5.41) is 4.20. The van der Waals surface area contributed by atoms with Crippen molar-refractivity contribution in [3.05, 3.63) is 88.3 Å². The number of nitrogens with zero attached hydrogens (tertiary/aromatic N) is 5. The number of pyridine rings is 1. The van der Waals surface area contributed by atoms with Crippen LogP contribution in [0, 0.1) is 0 Å². The Kier molecular flexibility index (Phi) is 5.70. The van der Waals surface area contributed by atoms with Gasteiger partial charge in [-0.15, -0.1) is 0 Å². The minimum Gasteiger partial charge on any atom is -0.369 e. The highest BCUT2D eigenvalue weighted by Crippen LogP contribution is 2.33. The molecule has 0 radical (unpaired) electrons. The van der Waals surface area contributed by atoms with Gasteiger partial charge in [-0.25, -0.2) is 4.98 Å². The molecular formula is C28H30N6O. The Labute approximate surface area is 205 Å². The normalized spacial score (nSPS) is 18.4. The fourth-order valence-electron chi connectivity index (χ4n) is 5.35. The van der Waals surface area contributed by atoms with Gasteiger partial charge < -0.3 is 15.1 Å². The highest BCUT2D eigenvalue weighted by Gasteiger charge is 2.24. The van der Waals surface area contributed by atoms with Crippen LogP contribution in [0.1, 0.15) is 30.0 Å². The van der Waals surface area contributed by atoms with Gasteiger partial charge in [-0.2, -0.15) is 4.98 Å². The highest BCUT2D eigenvalue weighted by atomic mass is 16.1. The molecule has 6 rings (SSSR count). The van der Waals surface area contributed by atoms with Gasteiger partial charge in [0.25, 0.3) is 5.56 Å². The van der Waals surface area contributed by atoms with Gasteiger partial charge in [0.2, 0.25) is 5.95 Å². The van der Waals surface area contributed by atoms with E-state index in [9.17, 15) is 4.79 Å². The number of anilines is 3. The number of benzene rings is 2. The van der Waals surface area contributed by atoms with Crippen LogP contribution in [-0.4, -0.2) is 52.7 Å². The second-order valence-electron chi connectivity index (χ2n) is 9.58. The van der Waals surface area contributed by atoms with Crippen molar-refractivity contribution >= 4 is 28.4 Å². The van der Waals surface area contributed by atoms with Crippen molar-refractivity contribution < 1.29 is 0 Å². The quantitative estimate of drug-likeness (QED) is 0.486. The lowest BCUT2D eigenvalue weighted by molar-refractivity contribution is 0.313. The molecule has 1 saturated heterocycles. The van der Waals surface area contributed by atoms with Crippen LogP contribution >= 0.6 is 0 Å². The second-order valence-corrected chi connectivity index (χ2v) is 9.58. The third kappa shape index (κ3) is 4.28. The van der Waals surface area contributed by atoms with Crippen LogP contribution in [0.25, 0.3) is 11.0 Å².